The number of aromatic nitrogens is 2. The summed E-state index contributed by atoms with van der Waals surface area (Å²) in [5, 5.41) is 6.35. The van der Waals surface area contributed by atoms with Crippen LogP contribution in [0.2, 0.25) is 5.02 Å². The van der Waals surface area contributed by atoms with Crippen molar-refractivity contribution < 1.29 is 4.79 Å². The normalized spacial score (nSPS) is 10.9. The fourth-order valence-corrected chi connectivity index (χ4v) is 4.31. The van der Waals surface area contributed by atoms with Crippen molar-refractivity contribution in [2.75, 3.05) is 10.6 Å². The third-order valence-corrected chi connectivity index (χ3v) is 6.30. The Bertz CT molecular complexity index is 1490. The lowest BCUT2D eigenvalue weighted by Gasteiger charge is -2.11. The molecule has 1 aromatic heterocycles. The van der Waals surface area contributed by atoms with Crippen LogP contribution in [0.4, 0.5) is 16.2 Å². The van der Waals surface area contributed by atoms with E-state index in [0.717, 1.165) is 52.2 Å². The number of fused-ring (bicyclic) bond motifs is 1. The van der Waals surface area contributed by atoms with Crippen LogP contribution in [0.25, 0.3) is 16.7 Å². The molecule has 0 spiro atoms. The van der Waals surface area contributed by atoms with Gasteiger partial charge in [0.2, 0.25) is 0 Å². The lowest BCUT2D eigenvalue weighted by atomic mass is 10.1. The fraction of sp³-hybridized carbons (Fsp3) is 0.103. The van der Waals surface area contributed by atoms with E-state index in [9.17, 15) is 4.79 Å². The zero-order valence-electron chi connectivity index (χ0n) is 19.3. The smallest absolute Gasteiger partial charge is 0.308 e. The summed E-state index contributed by atoms with van der Waals surface area (Å²) >= 11 is 6.16. The molecule has 0 aliphatic heterocycles. The van der Waals surface area contributed by atoms with E-state index in [4.69, 9.17) is 16.6 Å². The van der Waals surface area contributed by atoms with Crippen molar-refractivity contribution in [2.24, 2.45) is 0 Å². The van der Waals surface area contributed by atoms with E-state index < -0.39 is 0 Å². The highest BCUT2D eigenvalue weighted by Gasteiger charge is 2.12. The Kier molecular flexibility index (Phi) is 6.51. The molecule has 35 heavy (non-hydrogen) atoms. The third-order valence-electron chi connectivity index (χ3n) is 5.90. The Balaban J connectivity index is 1.31. The molecule has 4 aromatic carbocycles. The van der Waals surface area contributed by atoms with Crippen molar-refractivity contribution in [3.8, 4) is 5.69 Å². The van der Waals surface area contributed by atoms with Crippen molar-refractivity contribution in [2.45, 2.75) is 19.8 Å². The summed E-state index contributed by atoms with van der Waals surface area (Å²) in [5.74, 6) is 1.00. The minimum absolute atomic E-state index is 0.312. The Morgan fingerprint density at radius 3 is 2.37 bits per heavy atom. The van der Waals surface area contributed by atoms with Crippen LogP contribution in [0.5, 0.6) is 0 Å². The molecule has 0 aliphatic carbocycles. The minimum atomic E-state index is -0.312. The molecule has 0 saturated heterocycles. The molecule has 0 aliphatic rings. The number of anilines is 2. The maximum absolute atomic E-state index is 12.5. The molecule has 5 aromatic rings. The lowest BCUT2D eigenvalue weighted by molar-refractivity contribution is 0.262. The molecule has 5 nitrogen and oxygen atoms in total. The van der Waals surface area contributed by atoms with E-state index in [1.54, 1.807) is 6.07 Å². The van der Waals surface area contributed by atoms with Gasteiger partial charge < -0.3 is 10.6 Å². The first-order valence-electron chi connectivity index (χ1n) is 11.5. The second-order valence-corrected chi connectivity index (χ2v) is 8.84. The first kappa shape index (κ1) is 22.7. The standard InChI is InChI=1S/C29H25ClN4O/c1-20-14-16-23(19-25(20)30)32-29(35)31-22-9-7-8-21(18-22)15-17-28-33-26-12-5-6-13-27(26)34(28)24-10-3-2-4-11-24/h2-14,16,18-19H,15,17H2,1H3,(H2,31,32,35). The molecule has 0 fully saturated rings. The van der Waals surface area contributed by atoms with Gasteiger partial charge in [-0.25, -0.2) is 9.78 Å². The van der Waals surface area contributed by atoms with Crippen molar-refractivity contribution in [1.29, 1.82) is 0 Å². The number of hydrogen-bond donors (Lipinski definition) is 2. The van der Waals surface area contributed by atoms with Gasteiger partial charge in [-0.15, -0.1) is 0 Å². The number of carbonyl (C=O) groups excluding carboxylic acids is 1. The van der Waals surface area contributed by atoms with Gasteiger partial charge in [-0.1, -0.05) is 60.1 Å². The van der Waals surface area contributed by atoms with E-state index >= 15 is 0 Å². The number of aryl methyl sites for hydroxylation is 3. The van der Waals surface area contributed by atoms with Crippen LogP contribution in [0, 0.1) is 6.92 Å². The number of amides is 2. The topological polar surface area (TPSA) is 59.0 Å². The molecule has 0 radical (unpaired) electrons. The molecule has 0 unspecified atom stereocenters. The fourth-order valence-electron chi connectivity index (χ4n) is 4.13. The molecule has 6 heteroatoms. The second-order valence-electron chi connectivity index (χ2n) is 8.43. The van der Waals surface area contributed by atoms with E-state index in [0.29, 0.717) is 10.7 Å². The number of hydrogen-bond acceptors (Lipinski definition) is 2. The Morgan fingerprint density at radius 1 is 0.829 bits per heavy atom. The van der Waals surface area contributed by atoms with Gasteiger partial charge in [-0.3, -0.25) is 4.57 Å². The molecule has 1 heterocycles. The summed E-state index contributed by atoms with van der Waals surface area (Å²) < 4.78 is 2.22. The van der Waals surface area contributed by atoms with Crippen LogP contribution in [0.3, 0.4) is 0 Å². The number of para-hydroxylation sites is 3. The zero-order valence-corrected chi connectivity index (χ0v) is 20.1. The number of carbonyl (C=O) groups is 1. The lowest BCUT2D eigenvalue weighted by Crippen LogP contribution is -2.19. The molecular formula is C29H25ClN4O. The van der Waals surface area contributed by atoms with Crippen molar-refractivity contribution >= 4 is 40.0 Å². The molecule has 174 valence electrons. The van der Waals surface area contributed by atoms with Crippen LogP contribution < -0.4 is 10.6 Å². The molecular weight excluding hydrogens is 456 g/mol. The number of halogens is 1. The molecule has 5 rings (SSSR count). The van der Waals surface area contributed by atoms with Gasteiger partial charge >= 0.3 is 6.03 Å². The third kappa shape index (κ3) is 5.20. The quantitative estimate of drug-likeness (QED) is 0.265. The molecule has 0 saturated carbocycles. The molecule has 2 N–H and O–H groups in total. The van der Waals surface area contributed by atoms with Crippen LogP contribution in [0.15, 0.2) is 97.1 Å². The van der Waals surface area contributed by atoms with Gasteiger partial charge in [-0.05, 0) is 73.0 Å². The highest BCUT2D eigenvalue weighted by atomic mass is 35.5. The second kappa shape index (κ2) is 10.0. The van der Waals surface area contributed by atoms with E-state index in [1.165, 1.54) is 0 Å². The maximum Gasteiger partial charge on any atom is 0.323 e. The monoisotopic (exact) mass is 480 g/mol. The minimum Gasteiger partial charge on any atom is -0.308 e. The molecule has 0 bridgehead atoms. The predicted molar refractivity (Wildman–Crippen MR) is 144 cm³/mol. The average molecular weight is 481 g/mol. The first-order valence-corrected chi connectivity index (χ1v) is 11.9. The summed E-state index contributed by atoms with van der Waals surface area (Å²) in [4.78, 5) is 17.4. The van der Waals surface area contributed by atoms with Gasteiger partial charge in [0.25, 0.3) is 0 Å². The molecule has 2 amide bonds. The number of nitrogens with one attached hydrogen (secondary N) is 2. The predicted octanol–water partition coefficient (Wildman–Crippen LogP) is 7.42. The van der Waals surface area contributed by atoms with Crippen LogP contribution in [-0.2, 0) is 12.8 Å². The Labute approximate surface area is 209 Å². The summed E-state index contributed by atoms with van der Waals surface area (Å²) in [7, 11) is 0. The van der Waals surface area contributed by atoms with Crippen molar-refractivity contribution in [3.63, 3.8) is 0 Å². The number of rotatable bonds is 6. The van der Waals surface area contributed by atoms with Crippen LogP contribution in [0.1, 0.15) is 17.0 Å². The summed E-state index contributed by atoms with van der Waals surface area (Å²) in [6.45, 7) is 1.92. The highest BCUT2D eigenvalue weighted by Crippen LogP contribution is 2.23. The van der Waals surface area contributed by atoms with Crippen LogP contribution in [-0.4, -0.2) is 15.6 Å². The zero-order chi connectivity index (χ0) is 24.2. The molecule has 0 atom stereocenters. The van der Waals surface area contributed by atoms with Gasteiger partial charge in [0.05, 0.1) is 11.0 Å². The van der Waals surface area contributed by atoms with Crippen molar-refractivity contribution in [1.82, 2.24) is 9.55 Å². The first-order chi connectivity index (χ1) is 17.1. The SMILES string of the molecule is Cc1ccc(NC(=O)Nc2cccc(CCc3nc4ccccc4n3-c3ccccc3)c2)cc1Cl. The van der Waals surface area contributed by atoms with E-state index in [1.807, 2.05) is 73.7 Å². The number of imidazole rings is 1. The summed E-state index contributed by atoms with van der Waals surface area (Å²) in [6, 6.07) is 31.5. The largest absolute Gasteiger partial charge is 0.323 e. The average Bonchev–Trinajstić information content (AvgIpc) is 3.24. The van der Waals surface area contributed by atoms with Gasteiger partial charge in [0, 0.05) is 28.5 Å². The van der Waals surface area contributed by atoms with Gasteiger partial charge in [0.15, 0.2) is 0 Å². The maximum atomic E-state index is 12.5. The number of urea groups is 1. The van der Waals surface area contributed by atoms with Gasteiger partial charge in [-0.2, -0.15) is 0 Å². The number of nitrogens with zero attached hydrogens (tertiary/aromatic N) is 2. The van der Waals surface area contributed by atoms with Gasteiger partial charge in [0.1, 0.15) is 5.82 Å². The van der Waals surface area contributed by atoms with Crippen LogP contribution >= 0.6 is 11.6 Å². The van der Waals surface area contributed by atoms with E-state index in [2.05, 4.69) is 39.5 Å². The number of benzene rings is 4. The summed E-state index contributed by atoms with van der Waals surface area (Å²) in [6.07, 6.45) is 1.56. The Morgan fingerprint density at radius 2 is 1.57 bits per heavy atom. The van der Waals surface area contributed by atoms with E-state index in [-0.39, 0.29) is 6.03 Å². The van der Waals surface area contributed by atoms with Crippen molar-refractivity contribution in [3.05, 3.63) is 119 Å². The highest BCUT2D eigenvalue weighted by molar-refractivity contribution is 6.31. The summed E-state index contributed by atoms with van der Waals surface area (Å²) in [5.41, 5.74) is 6.63. The Hall–Kier alpha value is -4.09.